The summed E-state index contributed by atoms with van der Waals surface area (Å²) in [4.78, 5) is 19.4. The van der Waals surface area contributed by atoms with Crippen molar-refractivity contribution in [2.45, 2.75) is 19.6 Å². The van der Waals surface area contributed by atoms with Crippen LogP contribution in [0.2, 0.25) is 0 Å². The number of thiazole rings is 1. The molecule has 0 spiro atoms. The molecule has 2 aromatic heterocycles. The molecule has 1 aliphatic heterocycles. The van der Waals surface area contributed by atoms with Gasteiger partial charge in [-0.1, -0.05) is 29.5 Å². The Balaban J connectivity index is 1.36. The van der Waals surface area contributed by atoms with Gasteiger partial charge in [0.15, 0.2) is 0 Å². The maximum absolute atomic E-state index is 12.3. The van der Waals surface area contributed by atoms with Gasteiger partial charge < -0.3 is 14.8 Å². The fraction of sp³-hybridized carbons (Fsp3) is 0.400. The number of ether oxygens (including phenoxy) is 2. The Morgan fingerprint density at radius 1 is 1.30 bits per heavy atom. The van der Waals surface area contributed by atoms with Crippen molar-refractivity contribution in [1.82, 2.24) is 20.1 Å². The second-order valence-corrected chi connectivity index (χ2v) is 8.81. The van der Waals surface area contributed by atoms with Crippen molar-refractivity contribution in [3.63, 3.8) is 0 Å². The number of methoxy groups -OCH3 is 1. The maximum atomic E-state index is 12.3. The van der Waals surface area contributed by atoms with Crippen molar-refractivity contribution in [3.05, 3.63) is 45.9 Å². The van der Waals surface area contributed by atoms with Crippen molar-refractivity contribution in [3.8, 4) is 10.6 Å². The molecule has 0 unspecified atom stereocenters. The topological polar surface area (TPSA) is 89.5 Å². The fourth-order valence-electron chi connectivity index (χ4n) is 3.15. The first-order valence-electron chi connectivity index (χ1n) is 9.64. The lowest BCUT2D eigenvalue weighted by Gasteiger charge is -2.26. The molecule has 0 radical (unpaired) electrons. The summed E-state index contributed by atoms with van der Waals surface area (Å²) in [6.45, 7) is 4.80. The summed E-state index contributed by atoms with van der Waals surface area (Å²) in [5.74, 6) is -0.159. The quantitative estimate of drug-likeness (QED) is 0.570. The molecule has 8 nitrogen and oxygen atoms in total. The lowest BCUT2D eigenvalue weighted by Crippen LogP contribution is -2.35. The Hall–Kier alpha value is -2.24. The minimum Gasteiger partial charge on any atom is -0.379 e. The molecule has 1 aliphatic rings. The van der Waals surface area contributed by atoms with E-state index in [1.165, 1.54) is 16.9 Å². The number of carbonyl (C=O) groups is 1. The molecule has 1 saturated heterocycles. The summed E-state index contributed by atoms with van der Waals surface area (Å²) in [6, 6.07) is 8.44. The number of hydrogen-bond acceptors (Lipinski definition) is 9. The number of aromatic nitrogens is 3. The molecule has 1 aromatic carbocycles. The van der Waals surface area contributed by atoms with Crippen molar-refractivity contribution in [2.75, 3.05) is 38.7 Å². The second-order valence-electron chi connectivity index (χ2n) is 6.89. The zero-order valence-corrected chi connectivity index (χ0v) is 18.3. The number of nitrogens with zero attached hydrogens (tertiary/aromatic N) is 4. The van der Waals surface area contributed by atoms with Crippen molar-refractivity contribution >= 4 is 33.7 Å². The average Bonchev–Trinajstić information content (AvgIpc) is 3.39. The minimum absolute atomic E-state index is 0.159. The van der Waals surface area contributed by atoms with E-state index in [0.29, 0.717) is 11.7 Å². The van der Waals surface area contributed by atoms with E-state index in [2.05, 4.69) is 49.7 Å². The molecule has 3 aromatic rings. The van der Waals surface area contributed by atoms with Crippen LogP contribution in [0.3, 0.4) is 0 Å². The van der Waals surface area contributed by atoms with Gasteiger partial charge in [0.25, 0.3) is 0 Å². The number of carbonyl (C=O) groups excluding carboxylic acids is 1. The molecule has 0 saturated carbocycles. The largest absolute Gasteiger partial charge is 0.379 e. The Morgan fingerprint density at radius 3 is 3.00 bits per heavy atom. The number of nitrogens with one attached hydrogen (secondary N) is 1. The Bertz CT molecular complexity index is 984. The number of amides is 1. The van der Waals surface area contributed by atoms with Gasteiger partial charge in [-0.2, -0.15) is 0 Å². The Kier molecular flexibility index (Phi) is 7.13. The molecule has 158 valence electrons. The zero-order chi connectivity index (χ0) is 20.8. The van der Waals surface area contributed by atoms with Crippen molar-refractivity contribution in [2.24, 2.45) is 0 Å². The molecule has 10 heteroatoms. The number of rotatable bonds is 8. The first kappa shape index (κ1) is 21.0. The highest BCUT2D eigenvalue weighted by Crippen LogP contribution is 2.25. The van der Waals surface area contributed by atoms with Crippen molar-refractivity contribution < 1.29 is 14.3 Å². The van der Waals surface area contributed by atoms with E-state index >= 15 is 0 Å². The molecule has 1 N–H and O–H groups in total. The van der Waals surface area contributed by atoms with Gasteiger partial charge in [0.1, 0.15) is 16.6 Å². The predicted molar refractivity (Wildman–Crippen MR) is 117 cm³/mol. The van der Waals surface area contributed by atoms with Gasteiger partial charge in [-0.3, -0.25) is 9.69 Å². The van der Waals surface area contributed by atoms with Crippen LogP contribution in [0.4, 0.5) is 5.13 Å². The number of hydrogen-bond donors (Lipinski definition) is 1. The smallest absolute Gasteiger partial charge is 0.232 e. The highest BCUT2D eigenvalue weighted by atomic mass is 32.1. The standard InChI is InChI=1S/C20H23N5O3S2/c1-27-12-18-23-24-20(30-18)22-17(26)10-16-13-29-19(21-16)15-4-2-3-14(9-15)11-25-5-7-28-8-6-25/h2-4,9,13H,5-8,10-12H2,1H3,(H,22,24,26). The first-order chi connectivity index (χ1) is 14.7. The molecule has 30 heavy (non-hydrogen) atoms. The summed E-state index contributed by atoms with van der Waals surface area (Å²) < 4.78 is 10.4. The van der Waals surface area contributed by atoms with Gasteiger partial charge in [-0.05, 0) is 11.6 Å². The molecule has 0 atom stereocenters. The highest BCUT2D eigenvalue weighted by molar-refractivity contribution is 7.15. The average molecular weight is 446 g/mol. The number of morpholine rings is 1. The first-order valence-corrected chi connectivity index (χ1v) is 11.3. The third-order valence-electron chi connectivity index (χ3n) is 4.56. The highest BCUT2D eigenvalue weighted by Gasteiger charge is 2.14. The lowest BCUT2D eigenvalue weighted by atomic mass is 10.1. The van der Waals surface area contributed by atoms with Crippen LogP contribution in [0.15, 0.2) is 29.6 Å². The Labute approximate surface area is 182 Å². The summed E-state index contributed by atoms with van der Waals surface area (Å²) in [6.07, 6.45) is 0.198. The van der Waals surface area contributed by atoms with Crippen LogP contribution in [0.1, 0.15) is 16.3 Å². The molecule has 1 fully saturated rings. The summed E-state index contributed by atoms with van der Waals surface area (Å²) in [5, 5.41) is 14.7. The van der Waals surface area contributed by atoms with E-state index in [9.17, 15) is 4.79 Å². The van der Waals surface area contributed by atoms with Gasteiger partial charge in [-0.25, -0.2) is 4.98 Å². The van der Waals surface area contributed by atoms with Gasteiger partial charge >= 0.3 is 0 Å². The van der Waals surface area contributed by atoms with Crippen LogP contribution in [-0.4, -0.2) is 59.4 Å². The van der Waals surface area contributed by atoms with Crippen molar-refractivity contribution in [1.29, 1.82) is 0 Å². The number of anilines is 1. The third-order valence-corrected chi connectivity index (χ3v) is 6.31. The van der Waals surface area contributed by atoms with Gasteiger partial charge in [0, 0.05) is 37.7 Å². The van der Waals surface area contributed by atoms with Gasteiger partial charge in [-0.15, -0.1) is 21.5 Å². The summed E-state index contributed by atoms with van der Waals surface area (Å²) >= 11 is 2.86. The molecule has 4 rings (SSSR count). The predicted octanol–water partition coefficient (Wildman–Crippen LogP) is 2.82. The monoisotopic (exact) mass is 445 g/mol. The lowest BCUT2D eigenvalue weighted by molar-refractivity contribution is -0.115. The van der Waals surface area contributed by atoms with E-state index in [0.717, 1.165) is 54.1 Å². The molecule has 3 heterocycles. The van der Waals surface area contributed by atoms with E-state index in [1.54, 1.807) is 18.4 Å². The summed E-state index contributed by atoms with van der Waals surface area (Å²) in [7, 11) is 1.60. The molecule has 0 aliphatic carbocycles. The van der Waals surface area contributed by atoms with Gasteiger partial charge in [0.2, 0.25) is 11.0 Å². The molecule has 1 amide bonds. The minimum atomic E-state index is -0.159. The normalized spacial score (nSPS) is 14.7. The van der Waals surface area contributed by atoms with Crippen LogP contribution in [0, 0.1) is 0 Å². The van der Waals surface area contributed by atoms with Crippen LogP contribution in [-0.2, 0) is 33.8 Å². The van der Waals surface area contributed by atoms with E-state index in [-0.39, 0.29) is 12.3 Å². The van der Waals surface area contributed by atoms with Gasteiger partial charge in [0.05, 0.1) is 25.3 Å². The SMILES string of the molecule is COCc1nnc(NC(=O)Cc2csc(-c3cccc(CN4CCOCC4)c3)n2)s1. The molecular weight excluding hydrogens is 422 g/mol. The maximum Gasteiger partial charge on any atom is 0.232 e. The molecule has 0 bridgehead atoms. The van der Waals surface area contributed by atoms with Crippen LogP contribution >= 0.6 is 22.7 Å². The fourth-order valence-corrected chi connectivity index (χ4v) is 4.70. The van der Waals surface area contributed by atoms with E-state index < -0.39 is 0 Å². The van der Waals surface area contributed by atoms with Crippen LogP contribution < -0.4 is 5.32 Å². The Morgan fingerprint density at radius 2 is 2.17 bits per heavy atom. The number of benzene rings is 1. The summed E-state index contributed by atoms with van der Waals surface area (Å²) in [5.41, 5.74) is 3.07. The van der Waals surface area contributed by atoms with E-state index in [1.807, 2.05) is 5.38 Å². The van der Waals surface area contributed by atoms with E-state index in [4.69, 9.17) is 9.47 Å². The third kappa shape index (κ3) is 5.67. The van der Waals surface area contributed by atoms with Crippen LogP contribution in [0.25, 0.3) is 10.6 Å². The molecular formula is C20H23N5O3S2. The zero-order valence-electron chi connectivity index (χ0n) is 16.7. The van der Waals surface area contributed by atoms with Crippen LogP contribution in [0.5, 0.6) is 0 Å². The second kappa shape index (κ2) is 10.2.